The van der Waals surface area contributed by atoms with Gasteiger partial charge in [-0.15, -0.1) is 10.2 Å². The number of rotatable bonds is 8. The summed E-state index contributed by atoms with van der Waals surface area (Å²) in [4.78, 5) is 0.143. The summed E-state index contributed by atoms with van der Waals surface area (Å²) in [6.45, 7) is 6.23. The van der Waals surface area contributed by atoms with Crippen LogP contribution in [0.5, 0.6) is 17.4 Å². The Morgan fingerprint density at radius 1 is 0.909 bits per heavy atom. The third-order valence-corrected chi connectivity index (χ3v) is 6.02. The van der Waals surface area contributed by atoms with Crippen molar-refractivity contribution >= 4 is 15.7 Å². The molecule has 0 aliphatic carbocycles. The Morgan fingerprint density at radius 3 is 2.18 bits per heavy atom. The molecule has 2 heterocycles. The molecule has 4 rings (SSSR count). The molecule has 170 valence electrons. The first-order chi connectivity index (χ1) is 15.8. The molecule has 0 saturated carbocycles. The highest BCUT2D eigenvalue weighted by Gasteiger charge is 2.14. The van der Waals surface area contributed by atoms with Crippen molar-refractivity contribution in [2.75, 3.05) is 11.3 Å². The fourth-order valence-corrected chi connectivity index (χ4v) is 4.21. The summed E-state index contributed by atoms with van der Waals surface area (Å²) < 4.78 is 40.5. The quantitative estimate of drug-likeness (QED) is 0.414. The minimum atomic E-state index is -3.73. The maximum Gasteiger partial charge on any atom is 0.261 e. The maximum absolute atomic E-state index is 12.6. The van der Waals surface area contributed by atoms with Crippen molar-refractivity contribution in [1.29, 1.82) is 0 Å². The number of anilines is 1. The molecule has 1 N–H and O–H groups in total. The number of nitrogens with zero attached hydrogens (tertiary/aromatic N) is 4. The van der Waals surface area contributed by atoms with E-state index in [1.54, 1.807) is 53.2 Å². The van der Waals surface area contributed by atoms with E-state index < -0.39 is 10.0 Å². The van der Waals surface area contributed by atoms with E-state index in [-0.39, 0.29) is 4.90 Å². The van der Waals surface area contributed by atoms with Crippen molar-refractivity contribution in [2.24, 2.45) is 0 Å². The van der Waals surface area contributed by atoms with Crippen LogP contribution in [0.4, 0.5) is 5.69 Å². The number of hydrogen-bond acceptors (Lipinski definition) is 7. The topological polar surface area (TPSA) is 108 Å². The lowest BCUT2D eigenvalue weighted by Crippen LogP contribution is -2.12. The summed E-state index contributed by atoms with van der Waals surface area (Å²) in [5.41, 5.74) is 2.26. The fourth-order valence-electron chi connectivity index (χ4n) is 3.15. The Labute approximate surface area is 192 Å². The van der Waals surface area contributed by atoms with Gasteiger partial charge in [-0.2, -0.15) is 5.10 Å². The summed E-state index contributed by atoms with van der Waals surface area (Å²) in [6.07, 6.45) is 0. The largest absolute Gasteiger partial charge is 0.494 e. The second kappa shape index (κ2) is 9.29. The van der Waals surface area contributed by atoms with E-state index in [1.807, 2.05) is 26.8 Å². The molecule has 0 radical (unpaired) electrons. The third-order valence-electron chi connectivity index (χ3n) is 4.63. The van der Waals surface area contributed by atoms with Crippen LogP contribution >= 0.6 is 0 Å². The van der Waals surface area contributed by atoms with Gasteiger partial charge in [0.25, 0.3) is 10.0 Å². The monoisotopic (exact) mass is 465 g/mol. The average Bonchev–Trinajstić information content (AvgIpc) is 3.14. The van der Waals surface area contributed by atoms with Gasteiger partial charge in [-0.25, -0.2) is 13.1 Å². The van der Waals surface area contributed by atoms with Gasteiger partial charge in [0.2, 0.25) is 5.88 Å². The molecule has 0 aliphatic heterocycles. The number of ether oxygens (including phenoxy) is 2. The van der Waals surface area contributed by atoms with Crippen LogP contribution in [0.15, 0.2) is 71.6 Å². The molecule has 0 amide bonds. The predicted molar refractivity (Wildman–Crippen MR) is 124 cm³/mol. The van der Waals surface area contributed by atoms with E-state index in [1.165, 1.54) is 12.1 Å². The van der Waals surface area contributed by atoms with E-state index >= 15 is 0 Å². The van der Waals surface area contributed by atoms with Crippen LogP contribution in [0, 0.1) is 13.8 Å². The lowest BCUT2D eigenvalue weighted by molar-refractivity contribution is 0.340. The van der Waals surface area contributed by atoms with Gasteiger partial charge in [0.1, 0.15) is 11.5 Å². The van der Waals surface area contributed by atoms with Crippen molar-refractivity contribution in [1.82, 2.24) is 20.0 Å². The zero-order valence-corrected chi connectivity index (χ0v) is 19.2. The molecule has 0 bridgehead atoms. The van der Waals surface area contributed by atoms with Crippen molar-refractivity contribution < 1.29 is 17.9 Å². The molecule has 4 aromatic rings. The molecule has 0 saturated heterocycles. The van der Waals surface area contributed by atoms with Gasteiger partial charge in [0.15, 0.2) is 5.82 Å². The molecule has 2 aromatic carbocycles. The highest BCUT2D eigenvalue weighted by molar-refractivity contribution is 7.92. The highest BCUT2D eigenvalue weighted by Crippen LogP contribution is 2.24. The zero-order chi connectivity index (χ0) is 23.4. The maximum atomic E-state index is 12.6. The number of benzene rings is 2. The highest BCUT2D eigenvalue weighted by atomic mass is 32.2. The summed E-state index contributed by atoms with van der Waals surface area (Å²) >= 11 is 0. The minimum absolute atomic E-state index is 0.143. The molecular weight excluding hydrogens is 442 g/mol. The molecule has 10 heteroatoms. The Bertz CT molecular complexity index is 1330. The SMILES string of the molecule is CCOc1ccc(S(=O)(=O)Nc2ccc(Oc3ccc(-n4nc(C)cc4C)nn3)cc2)cc1. The predicted octanol–water partition coefficient (Wildman–Crippen LogP) is 4.27. The molecule has 9 nitrogen and oxygen atoms in total. The Balaban J connectivity index is 1.41. The molecule has 0 unspecified atom stereocenters. The van der Waals surface area contributed by atoms with Crippen LogP contribution < -0.4 is 14.2 Å². The van der Waals surface area contributed by atoms with E-state index in [9.17, 15) is 8.42 Å². The Kier molecular flexibility index (Phi) is 6.27. The minimum Gasteiger partial charge on any atom is -0.494 e. The lowest BCUT2D eigenvalue weighted by Gasteiger charge is -2.10. The number of nitrogens with one attached hydrogen (secondary N) is 1. The molecule has 2 aromatic heterocycles. The molecule has 33 heavy (non-hydrogen) atoms. The Morgan fingerprint density at radius 2 is 1.61 bits per heavy atom. The van der Waals surface area contributed by atoms with Crippen LogP contribution in [-0.4, -0.2) is 35.0 Å². The first-order valence-corrected chi connectivity index (χ1v) is 11.7. The standard InChI is InChI=1S/C23H23N5O4S/c1-4-31-19-9-11-21(12-10-19)33(29,30)27-18-5-7-20(8-6-18)32-23-14-13-22(24-25-23)28-17(3)15-16(2)26-28/h5-15,27H,4H2,1-3H3. The second-order valence-corrected chi connectivity index (χ2v) is 8.89. The van der Waals surface area contributed by atoms with Crippen LogP contribution in [-0.2, 0) is 10.0 Å². The molecule has 0 spiro atoms. The first-order valence-electron chi connectivity index (χ1n) is 10.2. The van der Waals surface area contributed by atoms with Crippen molar-refractivity contribution in [3.63, 3.8) is 0 Å². The van der Waals surface area contributed by atoms with E-state index in [0.717, 1.165) is 11.4 Å². The molecular formula is C23H23N5O4S. The van der Waals surface area contributed by atoms with Gasteiger partial charge in [0, 0.05) is 17.4 Å². The second-order valence-electron chi connectivity index (χ2n) is 7.21. The molecule has 0 atom stereocenters. The van der Waals surface area contributed by atoms with E-state index in [4.69, 9.17) is 9.47 Å². The van der Waals surface area contributed by atoms with Crippen molar-refractivity contribution in [3.05, 3.63) is 78.1 Å². The smallest absolute Gasteiger partial charge is 0.261 e. The van der Waals surface area contributed by atoms with E-state index in [0.29, 0.717) is 35.5 Å². The molecule has 0 aliphatic rings. The number of sulfonamides is 1. The van der Waals surface area contributed by atoms with Gasteiger partial charge in [-0.1, -0.05) is 0 Å². The first kappa shape index (κ1) is 22.3. The van der Waals surface area contributed by atoms with Crippen LogP contribution in [0.1, 0.15) is 18.3 Å². The number of aryl methyl sites for hydroxylation is 2. The summed E-state index contributed by atoms with van der Waals surface area (Å²) in [7, 11) is -3.73. The fraction of sp³-hybridized carbons (Fsp3) is 0.174. The van der Waals surface area contributed by atoms with Crippen LogP contribution in [0.25, 0.3) is 5.82 Å². The summed E-state index contributed by atoms with van der Waals surface area (Å²) in [5.74, 6) is 2.01. The van der Waals surface area contributed by atoms with Gasteiger partial charge in [0.05, 0.1) is 17.2 Å². The summed E-state index contributed by atoms with van der Waals surface area (Å²) in [5, 5.41) is 12.6. The van der Waals surface area contributed by atoms with Gasteiger partial charge < -0.3 is 9.47 Å². The summed E-state index contributed by atoms with van der Waals surface area (Å²) in [6, 6.07) is 18.2. The average molecular weight is 466 g/mol. The van der Waals surface area contributed by atoms with E-state index in [2.05, 4.69) is 20.0 Å². The van der Waals surface area contributed by atoms with Gasteiger partial charge >= 0.3 is 0 Å². The van der Waals surface area contributed by atoms with Gasteiger partial charge in [-0.05, 0) is 81.4 Å². The zero-order valence-electron chi connectivity index (χ0n) is 18.4. The third kappa shape index (κ3) is 5.29. The van der Waals surface area contributed by atoms with Gasteiger partial charge in [-0.3, -0.25) is 4.72 Å². The van der Waals surface area contributed by atoms with Crippen LogP contribution in [0.2, 0.25) is 0 Å². The van der Waals surface area contributed by atoms with Crippen molar-refractivity contribution in [2.45, 2.75) is 25.7 Å². The number of aromatic nitrogens is 4. The Hall–Kier alpha value is -3.92. The number of hydrogen-bond donors (Lipinski definition) is 1. The van der Waals surface area contributed by atoms with Crippen LogP contribution in [0.3, 0.4) is 0 Å². The lowest BCUT2D eigenvalue weighted by atomic mass is 10.3. The van der Waals surface area contributed by atoms with Crippen molar-refractivity contribution in [3.8, 4) is 23.2 Å². The molecule has 0 fully saturated rings. The normalized spacial score (nSPS) is 11.2.